The smallest absolute Gasteiger partial charge is 0.222 e. The minimum absolute atomic E-state index is 0.0141. The van der Waals surface area contributed by atoms with Crippen molar-refractivity contribution >= 4 is 5.91 Å². The molecule has 0 fully saturated rings. The van der Waals surface area contributed by atoms with E-state index in [9.17, 15) is 9.90 Å². The highest BCUT2D eigenvalue weighted by molar-refractivity contribution is 5.77. The van der Waals surface area contributed by atoms with Crippen LogP contribution in [0, 0.1) is 5.92 Å². The zero-order chi connectivity index (χ0) is 14.3. The number of rotatable bonds is 7. The van der Waals surface area contributed by atoms with Crippen LogP contribution in [0.1, 0.15) is 25.5 Å². The molecule has 4 heteroatoms. The summed E-state index contributed by atoms with van der Waals surface area (Å²) in [6.45, 7) is 5.63. The minimum atomic E-state index is -0.494. The Bertz CT molecular complexity index is 379. The zero-order valence-corrected chi connectivity index (χ0v) is 12.0. The van der Waals surface area contributed by atoms with Crippen LogP contribution in [0.5, 0.6) is 0 Å². The van der Waals surface area contributed by atoms with Gasteiger partial charge in [0, 0.05) is 25.6 Å². The fraction of sp³-hybridized carbons (Fsp3) is 0.533. The Hall–Kier alpha value is -1.39. The van der Waals surface area contributed by atoms with Crippen molar-refractivity contribution in [2.24, 2.45) is 5.92 Å². The van der Waals surface area contributed by atoms with Crippen LogP contribution in [0.15, 0.2) is 30.3 Å². The summed E-state index contributed by atoms with van der Waals surface area (Å²) in [7, 11) is 1.94. The average Bonchev–Trinajstić information content (AvgIpc) is 2.39. The number of carbonyl (C=O) groups is 1. The van der Waals surface area contributed by atoms with Gasteiger partial charge in [0.1, 0.15) is 0 Å². The van der Waals surface area contributed by atoms with Gasteiger partial charge in [0.2, 0.25) is 5.91 Å². The second-order valence-electron chi connectivity index (χ2n) is 5.13. The molecule has 1 atom stereocenters. The van der Waals surface area contributed by atoms with Crippen LogP contribution < -0.4 is 5.32 Å². The van der Waals surface area contributed by atoms with Gasteiger partial charge in [-0.05, 0) is 12.6 Å². The highest BCUT2D eigenvalue weighted by Crippen LogP contribution is 2.12. The second-order valence-corrected chi connectivity index (χ2v) is 5.13. The molecule has 2 N–H and O–H groups in total. The molecule has 0 bridgehead atoms. The molecule has 1 rings (SSSR count). The Morgan fingerprint density at radius 1 is 1.32 bits per heavy atom. The monoisotopic (exact) mass is 264 g/mol. The SMILES string of the molecule is CC(C)C(=O)NCCN(C)CC(O)c1ccccc1. The van der Waals surface area contributed by atoms with Crippen LogP contribution >= 0.6 is 0 Å². The summed E-state index contributed by atoms with van der Waals surface area (Å²) >= 11 is 0. The van der Waals surface area contributed by atoms with E-state index in [4.69, 9.17) is 0 Å². The first-order valence-corrected chi connectivity index (χ1v) is 6.70. The number of amides is 1. The summed E-state index contributed by atoms with van der Waals surface area (Å²) in [6, 6.07) is 9.60. The molecule has 1 amide bonds. The van der Waals surface area contributed by atoms with Gasteiger partial charge in [-0.1, -0.05) is 44.2 Å². The molecule has 19 heavy (non-hydrogen) atoms. The van der Waals surface area contributed by atoms with Crippen LogP contribution in [0.3, 0.4) is 0 Å². The molecule has 0 aromatic heterocycles. The maximum Gasteiger partial charge on any atom is 0.222 e. The summed E-state index contributed by atoms with van der Waals surface area (Å²) in [6.07, 6.45) is -0.494. The van der Waals surface area contributed by atoms with E-state index in [0.717, 1.165) is 12.1 Å². The number of nitrogens with one attached hydrogen (secondary N) is 1. The van der Waals surface area contributed by atoms with E-state index in [1.807, 2.05) is 56.1 Å². The van der Waals surface area contributed by atoms with Gasteiger partial charge in [-0.3, -0.25) is 4.79 Å². The predicted octanol–water partition coefficient (Wildman–Crippen LogP) is 1.42. The molecule has 0 radical (unpaired) electrons. The Labute approximate surface area is 115 Å². The number of aliphatic hydroxyl groups is 1. The Balaban J connectivity index is 2.28. The predicted molar refractivity (Wildman–Crippen MR) is 76.7 cm³/mol. The standard InChI is InChI=1S/C15H24N2O2/c1-12(2)15(19)16-9-10-17(3)11-14(18)13-7-5-4-6-8-13/h4-8,12,14,18H,9-11H2,1-3H3,(H,16,19). The molecule has 1 unspecified atom stereocenters. The molecular weight excluding hydrogens is 240 g/mol. The molecule has 1 aromatic carbocycles. The second kappa shape index (κ2) is 7.92. The van der Waals surface area contributed by atoms with Gasteiger partial charge < -0.3 is 15.3 Å². The van der Waals surface area contributed by atoms with Crippen LogP contribution in [0.4, 0.5) is 0 Å². The molecule has 0 saturated heterocycles. The van der Waals surface area contributed by atoms with E-state index in [1.54, 1.807) is 0 Å². The van der Waals surface area contributed by atoms with E-state index in [1.165, 1.54) is 0 Å². The fourth-order valence-corrected chi connectivity index (χ4v) is 1.74. The maximum atomic E-state index is 11.4. The lowest BCUT2D eigenvalue weighted by molar-refractivity contribution is -0.124. The lowest BCUT2D eigenvalue weighted by Crippen LogP contribution is -2.36. The van der Waals surface area contributed by atoms with Gasteiger partial charge in [0.25, 0.3) is 0 Å². The molecule has 0 spiro atoms. The number of benzene rings is 1. The summed E-state index contributed by atoms with van der Waals surface area (Å²) in [5.74, 6) is 0.0808. The lowest BCUT2D eigenvalue weighted by Gasteiger charge is -2.21. The van der Waals surface area contributed by atoms with Gasteiger partial charge in [0.05, 0.1) is 6.10 Å². The highest BCUT2D eigenvalue weighted by atomic mass is 16.3. The van der Waals surface area contributed by atoms with Crippen molar-refractivity contribution in [3.63, 3.8) is 0 Å². The van der Waals surface area contributed by atoms with E-state index < -0.39 is 6.10 Å². The van der Waals surface area contributed by atoms with Gasteiger partial charge in [-0.25, -0.2) is 0 Å². The maximum absolute atomic E-state index is 11.4. The number of hydrogen-bond donors (Lipinski definition) is 2. The summed E-state index contributed by atoms with van der Waals surface area (Å²) in [4.78, 5) is 13.4. The topological polar surface area (TPSA) is 52.6 Å². The molecule has 0 saturated carbocycles. The van der Waals surface area contributed by atoms with Crippen molar-refractivity contribution in [1.82, 2.24) is 10.2 Å². The molecule has 0 aliphatic rings. The van der Waals surface area contributed by atoms with E-state index in [-0.39, 0.29) is 11.8 Å². The largest absolute Gasteiger partial charge is 0.387 e. The minimum Gasteiger partial charge on any atom is -0.387 e. The average molecular weight is 264 g/mol. The molecule has 106 valence electrons. The van der Waals surface area contributed by atoms with Gasteiger partial charge in [0.15, 0.2) is 0 Å². The normalized spacial score (nSPS) is 12.7. The van der Waals surface area contributed by atoms with Crippen molar-refractivity contribution in [2.45, 2.75) is 20.0 Å². The van der Waals surface area contributed by atoms with E-state index in [2.05, 4.69) is 5.32 Å². The van der Waals surface area contributed by atoms with Crippen molar-refractivity contribution in [1.29, 1.82) is 0 Å². The van der Waals surface area contributed by atoms with Crippen LogP contribution in [-0.4, -0.2) is 42.6 Å². The van der Waals surface area contributed by atoms with Crippen molar-refractivity contribution in [3.05, 3.63) is 35.9 Å². The number of likely N-dealkylation sites (N-methyl/N-ethyl adjacent to an activating group) is 1. The first kappa shape index (κ1) is 15.7. The first-order chi connectivity index (χ1) is 9.00. The number of hydrogen-bond acceptors (Lipinski definition) is 3. The first-order valence-electron chi connectivity index (χ1n) is 6.70. The summed E-state index contributed by atoms with van der Waals surface area (Å²) < 4.78 is 0. The number of nitrogens with zero attached hydrogens (tertiary/aromatic N) is 1. The fourth-order valence-electron chi connectivity index (χ4n) is 1.74. The van der Waals surface area contributed by atoms with Gasteiger partial charge in [-0.2, -0.15) is 0 Å². The number of carbonyl (C=O) groups excluding carboxylic acids is 1. The number of aliphatic hydroxyl groups excluding tert-OH is 1. The van der Waals surface area contributed by atoms with Crippen LogP contribution in [-0.2, 0) is 4.79 Å². The third-order valence-electron chi connectivity index (χ3n) is 2.99. The molecule has 4 nitrogen and oxygen atoms in total. The summed E-state index contributed by atoms with van der Waals surface area (Å²) in [5.41, 5.74) is 0.917. The van der Waals surface area contributed by atoms with Crippen LogP contribution in [0.25, 0.3) is 0 Å². The van der Waals surface area contributed by atoms with Crippen molar-refractivity contribution < 1.29 is 9.90 Å². The highest BCUT2D eigenvalue weighted by Gasteiger charge is 2.11. The van der Waals surface area contributed by atoms with Gasteiger partial charge >= 0.3 is 0 Å². The molecule has 1 aromatic rings. The van der Waals surface area contributed by atoms with E-state index in [0.29, 0.717) is 13.1 Å². The van der Waals surface area contributed by atoms with Gasteiger partial charge in [-0.15, -0.1) is 0 Å². The quantitative estimate of drug-likeness (QED) is 0.783. The molecule has 0 heterocycles. The Morgan fingerprint density at radius 2 is 1.95 bits per heavy atom. The molecule has 0 aliphatic carbocycles. The third-order valence-corrected chi connectivity index (χ3v) is 2.99. The zero-order valence-electron chi connectivity index (χ0n) is 12.0. The molecular formula is C15H24N2O2. The summed E-state index contributed by atoms with van der Waals surface area (Å²) in [5, 5.41) is 12.9. The Kier molecular flexibility index (Phi) is 6.53. The van der Waals surface area contributed by atoms with Crippen LogP contribution in [0.2, 0.25) is 0 Å². The van der Waals surface area contributed by atoms with Crippen molar-refractivity contribution in [3.8, 4) is 0 Å². The third kappa shape index (κ3) is 5.85. The Morgan fingerprint density at radius 3 is 2.53 bits per heavy atom. The lowest BCUT2D eigenvalue weighted by atomic mass is 10.1. The molecule has 0 aliphatic heterocycles. The van der Waals surface area contributed by atoms with Crippen molar-refractivity contribution in [2.75, 3.05) is 26.7 Å². The van der Waals surface area contributed by atoms with E-state index >= 15 is 0 Å².